The molecule has 1 aliphatic rings. The molecule has 2 N–H and O–H groups in total. The van der Waals surface area contributed by atoms with Crippen LogP contribution in [0.25, 0.3) is 0 Å². The predicted octanol–water partition coefficient (Wildman–Crippen LogP) is 0.602. The van der Waals surface area contributed by atoms with Crippen molar-refractivity contribution in [1.29, 1.82) is 0 Å². The Morgan fingerprint density at radius 3 is 2.73 bits per heavy atom. The number of anilines is 2. The Balaban J connectivity index is 2.32. The molecule has 0 spiro atoms. The molecule has 0 saturated heterocycles. The van der Waals surface area contributed by atoms with Crippen LogP contribution in [-0.2, 0) is 6.42 Å². The van der Waals surface area contributed by atoms with Crippen molar-refractivity contribution >= 4 is 17.6 Å². The molecule has 15 heavy (non-hydrogen) atoms. The summed E-state index contributed by atoms with van der Waals surface area (Å²) in [6.45, 7) is 4.79. The smallest absolute Gasteiger partial charge is 0.251 e. The van der Waals surface area contributed by atoms with E-state index in [2.05, 4.69) is 20.1 Å². The first-order valence-corrected chi connectivity index (χ1v) is 5.01. The third kappa shape index (κ3) is 2.03. The second kappa shape index (κ2) is 3.80. The van der Waals surface area contributed by atoms with Gasteiger partial charge in [-0.05, 0) is 6.92 Å². The van der Waals surface area contributed by atoms with Gasteiger partial charge in [0.15, 0.2) is 0 Å². The van der Waals surface area contributed by atoms with E-state index in [1.807, 2.05) is 13.8 Å². The van der Waals surface area contributed by atoms with E-state index in [0.717, 1.165) is 25.1 Å². The van der Waals surface area contributed by atoms with Gasteiger partial charge >= 0.3 is 0 Å². The van der Waals surface area contributed by atoms with Gasteiger partial charge in [0.25, 0.3) is 5.95 Å². The van der Waals surface area contributed by atoms with Gasteiger partial charge in [-0.1, -0.05) is 6.92 Å². The first kappa shape index (κ1) is 9.82. The molecule has 1 aromatic heterocycles. The van der Waals surface area contributed by atoms with Gasteiger partial charge in [-0.15, -0.1) is 0 Å². The zero-order valence-corrected chi connectivity index (χ0v) is 8.93. The van der Waals surface area contributed by atoms with Crippen LogP contribution in [0, 0.1) is 0 Å². The molecule has 0 fully saturated rings. The lowest BCUT2D eigenvalue weighted by Crippen LogP contribution is -2.17. The predicted molar refractivity (Wildman–Crippen MR) is 58.7 cm³/mol. The van der Waals surface area contributed by atoms with Gasteiger partial charge < -0.3 is 5.73 Å². The maximum atomic E-state index is 5.60. The minimum Gasteiger partial charge on any atom is -0.368 e. The third-order valence-corrected chi connectivity index (χ3v) is 2.21. The Morgan fingerprint density at radius 1 is 1.33 bits per heavy atom. The fourth-order valence-corrected chi connectivity index (χ4v) is 1.42. The number of hydrogen-bond acceptors (Lipinski definition) is 6. The van der Waals surface area contributed by atoms with E-state index in [-0.39, 0.29) is 5.95 Å². The molecule has 6 heteroatoms. The van der Waals surface area contributed by atoms with Crippen LogP contribution in [0.3, 0.4) is 0 Å². The fraction of sp³-hybridized carbons (Fsp3) is 0.556. The van der Waals surface area contributed by atoms with E-state index in [9.17, 15) is 0 Å². The summed E-state index contributed by atoms with van der Waals surface area (Å²) in [4.78, 5) is 12.4. The molecule has 2 rings (SSSR count). The monoisotopic (exact) mass is 206 g/mol. The van der Waals surface area contributed by atoms with E-state index >= 15 is 0 Å². The summed E-state index contributed by atoms with van der Waals surface area (Å²) in [5.74, 6) is 1.52. The minimum atomic E-state index is 0.261. The molecule has 6 nitrogen and oxygen atoms in total. The maximum Gasteiger partial charge on any atom is 0.251 e. The van der Waals surface area contributed by atoms with Crippen LogP contribution in [-0.4, -0.2) is 27.2 Å². The summed E-state index contributed by atoms with van der Waals surface area (Å²) in [6, 6.07) is 0. The lowest BCUT2D eigenvalue weighted by molar-refractivity contribution is 0.821. The number of aromatic nitrogens is 3. The van der Waals surface area contributed by atoms with Gasteiger partial charge in [-0.25, -0.2) is 5.01 Å². The van der Waals surface area contributed by atoms with E-state index in [1.54, 1.807) is 5.01 Å². The largest absolute Gasteiger partial charge is 0.368 e. The van der Waals surface area contributed by atoms with Crippen molar-refractivity contribution in [3.05, 3.63) is 5.82 Å². The van der Waals surface area contributed by atoms with Crippen LogP contribution in [0.1, 0.15) is 26.1 Å². The summed E-state index contributed by atoms with van der Waals surface area (Å²) in [5, 5.41) is 6.09. The molecule has 0 bridgehead atoms. The van der Waals surface area contributed by atoms with Crippen molar-refractivity contribution in [3.63, 3.8) is 0 Å². The van der Waals surface area contributed by atoms with Crippen LogP contribution >= 0.6 is 0 Å². The third-order valence-electron chi connectivity index (χ3n) is 2.21. The highest BCUT2D eigenvalue weighted by molar-refractivity contribution is 5.85. The second-order valence-corrected chi connectivity index (χ2v) is 3.47. The number of hydrazone groups is 1. The van der Waals surface area contributed by atoms with Gasteiger partial charge in [0.2, 0.25) is 5.95 Å². The summed E-state index contributed by atoms with van der Waals surface area (Å²) < 4.78 is 0. The minimum absolute atomic E-state index is 0.261. The molecule has 0 radical (unpaired) electrons. The van der Waals surface area contributed by atoms with E-state index < -0.39 is 0 Å². The second-order valence-electron chi connectivity index (χ2n) is 3.47. The highest BCUT2D eigenvalue weighted by Crippen LogP contribution is 2.15. The number of rotatable bonds is 2. The molecule has 0 unspecified atom stereocenters. The van der Waals surface area contributed by atoms with Crippen LogP contribution < -0.4 is 10.7 Å². The molecule has 0 aliphatic carbocycles. The highest BCUT2D eigenvalue weighted by Gasteiger charge is 2.16. The lowest BCUT2D eigenvalue weighted by Gasteiger charge is -2.11. The molecule has 1 aromatic rings. The van der Waals surface area contributed by atoms with Gasteiger partial charge in [0.05, 0.1) is 6.54 Å². The number of aryl methyl sites for hydroxylation is 1. The first-order chi connectivity index (χ1) is 7.19. The molecule has 0 amide bonds. The Labute approximate surface area is 88.2 Å². The molecule has 0 atom stereocenters. The number of hydrogen-bond donors (Lipinski definition) is 1. The van der Waals surface area contributed by atoms with Gasteiger partial charge in [-0.2, -0.15) is 20.1 Å². The Hall–Kier alpha value is -1.72. The van der Waals surface area contributed by atoms with Crippen LogP contribution in [0.4, 0.5) is 11.9 Å². The summed E-state index contributed by atoms with van der Waals surface area (Å²) in [7, 11) is 0. The van der Waals surface area contributed by atoms with Crippen molar-refractivity contribution < 1.29 is 0 Å². The average molecular weight is 206 g/mol. The fourth-order valence-electron chi connectivity index (χ4n) is 1.42. The number of nitrogen functional groups attached to an aromatic ring is 1. The Bertz CT molecular complexity index is 400. The zero-order valence-electron chi connectivity index (χ0n) is 8.93. The SMILES string of the molecule is CCc1nc(N)nc(N2CCC(C)=N2)n1. The number of nitrogens with zero attached hydrogens (tertiary/aromatic N) is 5. The first-order valence-electron chi connectivity index (χ1n) is 5.01. The Kier molecular flexibility index (Phi) is 2.49. The molecule has 0 saturated carbocycles. The van der Waals surface area contributed by atoms with Crippen molar-refractivity contribution in [3.8, 4) is 0 Å². The van der Waals surface area contributed by atoms with E-state index in [0.29, 0.717) is 11.8 Å². The van der Waals surface area contributed by atoms with Crippen molar-refractivity contribution in [2.45, 2.75) is 26.7 Å². The standard InChI is InChI=1S/C9H14N6/c1-3-7-11-8(10)13-9(12-7)15-5-4-6(2)14-15/h3-5H2,1-2H3,(H2,10,11,12,13). The zero-order chi connectivity index (χ0) is 10.8. The summed E-state index contributed by atoms with van der Waals surface area (Å²) in [6.07, 6.45) is 1.70. The molecule has 1 aliphatic heterocycles. The number of nitrogens with two attached hydrogens (primary N) is 1. The quantitative estimate of drug-likeness (QED) is 0.766. The summed E-state index contributed by atoms with van der Waals surface area (Å²) in [5.41, 5.74) is 6.69. The topological polar surface area (TPSA) is 80.3 Å². The molecule has 0 aromatic carbocycles. The van der Waals surface area contributed by atoms with Crippen molar-refractivity contribution in [2.24, 2.45) is 5.10 Å². The van der Waals surface area contributed by atoms with Crippen LogP contribution in [0.15, 0.2) is 5.10 Å². The van der Waals surface area contributed by atoms with E-state index in [4.69, 9.17) is 5.73 Å². The molecular formula is C9H14N6. The molecule has 2 heterocycles. The van der Waals surface area contributed by atoms with Crippen molar-refractivity contribution in [2.75, 3.05) is 17.3 Å². The van der Waals surface area contributed by atoms with Gasteiger partial charge in [0.1, 0.15) is 5.82 Å². The Morgan fingerprint density at radius 2 is 2.13 bits per heavy atom. The van der Waals surface area contributed by atoms with E-state index in [1.165, 1.54) is 0 Å². The normalized spacial score (nSPS) is 15.6. The van der Waals surface area contributed by atoms with Crippen LogP contribution in [0.5, 0.6) is 0 Å². The molecular weight excluding hydrogens is 192 g/mol. The maximum absolute atomic E-state index is 5.60. The molecule has 80 valence electrons. The van der Waals surface area contributed by atoms with Gasteiger partial charge in [-0.3, -0.25) is 0 Å². The lowest BCUT2D eigenvalue weighted by atomic mass is 10.3. The van der Waals surface area contributed by atoms with Crippen LogP contribution in [0.2, 0.25) is 0 Å². The summed E-state index contributed by atoms with van der Waals surface area (Å²) >= 11 is 0. The highest BCUT2D eigenvalue weighted by atomic mass is 15.5. The van der Waals surface area contributed by atoms with Crippen molar-refractivity contribution in [1.82, 2.24) is 15.0 Å². The average Bonchev–Trinajstić information content (AvgIpc) is 2.64. The van der Waals surface area contributed by atoms with Gasteiger partial charge in [0, 0.05) is 18.6 Å².